The number of hydrogen-bond acceptors (Lipinski definition) is 5. The van der Waals surface area contributed by atoms with E-state index in [-0.39, 0.29) is 18.5 Å². The molecule has 0 aromatic carbocycles. The van der Waals surface area contributed by atoms with Crippen LogP contribution in [0.3, 0.4) is 0 Å². The van der Waals surface area contributed by atoms with Crippen LogP contribution >= 0.6 is 0 Å². The first-order chi connectivity index (χ1) is 30.5. The van der Waals surface area contributed by atoms with Gasteiger partial charge in [-0.3, -0.25) is 9.59 Å². The minimum atomic E-state index is -0.861. The summed E-state index contributed by atoms with van der Waals surface area (Å²) in [6.07, 6.45) is 62.9. The molecule has 62 heavy (non-hydrogen) atoms. The summed E-state index contributed by atoms with van der Waals surface area (Å²) in [5.74, 6) is -0.125. The summed E-state index contributed by atoms with van der Waals surface area (Å²) >= 11 is 0. The Labute approximate surface area is 385 Å². The van der Waals surface area contributed by atoms with Gasteiger partial charge in [0.25, 0.3) is 0 Å². The number of carbonyl (C=O) groups excluding carboxylic acids is 2. The minimum Gasteiger partial charge on any atom is -0.466 e. The first-order valence-corrected chi connectivity index (χ1v) is 27.3. The van der Waals surface area contributed by atoms with Crippen molar-refractivity contribution in [3.05, 3.63) is 36.5 Å². The number of aliphatic hydroxyl groups is 2. The fourth-order valence-corrected chi connectivity index (χ4v) is 8.19. The zero-order valence-electron chi connectivity index (χ0n) is 41.4. The molecule has 1 amide bonds. The van der Waals surface area contributed by atoms with Gasteiger partial charge in [0.2, 0.25) is 5.91 Å². The van der Waals surface area contributed by atoms with Gasteiger partial charge in [-0.25, -0.2) is 0 Å². The number of allylic oxidation sites excluding steroid dienone is 5. The monoisotopic (exact) mass is 872 g/mol. The lowest BCUT2D eigenvalue weighted by molar-refractivity contribution is -0.143. The van der Waals surface area contributed by atoms with Crippen LogP contribution in [0.4, 0.5) is 0 Å². The van der Waals surface area contributed by atoms with Crippen molar-refractivity contribution in [2.24, 2.45) is 0 Å². The Bertz CT molecular complexity index is 1010. The number of hydrogen-bond donors (Lipinski definition) is 3. The third kappa shape index (κ3) is 47.6. The van der Waals surface area contributed by atoms with E-state index in [0.29, 0.717) is 19.4 Å². The lowest BCUT2D eigenvalue weighted by atomic mass is 10.0. The summed E-state index contributed by atoms with van der Waals surface area (Å²) in [6.45, 7) is 4.82. The van der Waals surface area contributed by atoms with Crippen molar-refractivity contribution < 1.29 is 24.5 Å². The molecule has 0 spiro atoms. The highest BCUT2D eigenvalue weighted by Crippen LogP contribution is 2.16. The Morgan fingerprint density at radius 1 is 0.452 bits per heavy atom. The van der Waals surface area contributed by atoms with Crippen molar-refractivity contribution in [2.45, 2.75) is 296 Å². The normalized spacial score (nSPS) is 12.9. The van der Waals surface area contributed by atoms with Crippen LogP contribution in [0, 0.1) is 0 Å². The first-order valence-electron chi connectivity index (χ1n) is 27.3. The molecule has 0 saturated heterocycles. The van der Waals surface area contributed by atoms with Crippen LogP contribution < -0.4 is 5.32 Å². The van der Waals surface area contributed by atoms with Crippen LogP contribution in [-0.4, -0.2) is 47.4 Å². The Hall–Kier alpha value is -1.92. The summed E-state index contributed by atoms with van der Waals surface area (Å²) in [4.78, 5) is 24.5. The summed E-state index contributed by atoms with van der Waals surface area (Å²) < 4.78 is 5.45. The molecule has 0 radical (unpaired) electrons. The van der Waals surface area contributed by atoms with E-state index < -0.39 is 12.1 Å². The molecule has 0 saturated carbocycles. The van der Waals surface area contributed by atoms with Gasteiger partial charge in [0.15, 0.2) is 0 Å². The predicted molar refractivity (Wildman–Crippen MR) is 269 cm³/mol. The third-order valence-electron chi connectivity index (χ3n) is 12.4. The lowest BCUT2D eigenvalue weighted by Gasteiger charge is -2.20. The van der Waals surface area contributed by atoms with E-state index in [2.05, 4.69) is 43.5 Å². The molecule has 2 atom stereocenters. The number of ether oxygens (including phenoxy) is 1. The quantitative estimate of drug-likeness (QED) is 0.0321. The zero-order valence-corrected chi connectivity index (χ0v) is 41.4. The molecule has 364 valence electrons. The highest BCUT2D eigenvalue weighted by atomic mass is 16.5. The van der Waals surface area contributed by atoms with Gasteiger partial charge in [0.05, 0.1) is 25.4 Å². The predicted octanol–water partition coefficient (Wildman–Crippen LogP) is 16.5. The van der Waals surface area contributed by atoms with E-state index >= 15 is 0 Å². The van der Waals surface area contributed by atoms with Gasteiger partial charge in [-0.2, -0.15) is 0 Å². The largest absolute Gasteiger partial charge is 0.466 e. The molecule has 0 heterocycles. The van der Waals surface area contributed by atoms with Gasteiger partial charge in [-0.15, -0.1) is 0 Å². The zero-order chi connectivity index (χ0) is 45.1. The fraction of sp³-hybridized carbons (Fsp3) is 0.857. The number of rotatable bonds is 50. The number of nitrogens with one attached hydrogen (secondary N) is 1. The van der Waals surface area contributed by atoms with Crippen LogP contribution in [0.15, 0.2) is 36.5 Å². The van der Waals surface area contributed by atoms with Crippen LogP contribution in [0.1, 0.15) is 284 Å². The molecular weight excluding hydrogens is 767 g/mol. The molecule has 0 aliphatic rings. The second-order valence-electron chi connectivity index (χ2n) is 18.6. The van der Waals surface area contributed by atoms with E-state index in [0.717, 1.165) is 70.6 Å². The van der Waals surface area contributed by atoms with E-state index in [1.54, 1.807) is 6.08 Å². The molecule has 6 nitrogen and oxygen atoms in total. The molecule has 0 aromatic rings. The number of carbonyl (C=O) groups is 2. The van der Waals surface area contributed by atoms with Crippen LogP contribution in [0.5, 0.6) is 0 Å². The van der Waals surface area contributed by atoms with Crippen LogP contribution in [0.2, 0.25) is 0 Å². The minimum absolute atomic E-state index is 0.0348. The average Bonchev–Trinajstić information content (AvgIpc) is 3.27. The van der Waals surface area contributed by atoms with E-state index in [1.165, 1.54) is 186 Å². The summed E-state index contributed by atoms with van der Waals surface area (Å²) in [5, 5.41) is 23.1. The fourth-order valence-electron chi connectivity index (χ4n) is 8.19. The van der Waals surface area contributed by atoms with Gasteiger partial charge in [-0.05, 0) is 64.2 Å². The second kappa shape index (κ2) is 51.7. The first kappa shape index (κ1) is 60.1. The molecule has 0 bridgehead atoms. The van der Waals surface area contributed by atoms with E-state index in [4.69, 9.17) is 4.74 Å². The van der Waals surface area contributed by atoms with Gasteiger partial charge >= 0.3 is 5.97 Å². The molecule has 0 fully saturated rings. The molecule has 0 aromatic heterocycles. The summed E-state index contributed by atoms with van der Waals surface area (Å²) in [5.41, 5.74) is 0. The molecule has 6 heteroatoms. The smallest absolute Gasteiger partial charge is 0.305 e. The number of aliphatic hydroxyl groups excluding tert-OH is 2. The SMILES string of the molecule is CCCCC/C=C\C/C=C\CCCCCCCC(=O)OCCCCCCCCCCCCC(=O)NC(CO)C(O)/C=C/CCCCCCCCCCCCCCCCCCCC. The van der Waals surface area contributed by atoms with Crippen molar-refractivity contribution in [2.75, 3.05) is 13.2 Å². The van der Waals surface area contributed by atoms with Crippen molar-refractivity contribution >= 4 is 11.9 Å². The maximum atomic E-state index is 12.5. The number of amides is 1. The Morgan fingerprint density at radius 2 is 0.806 bits per heavy atom. The lowest BCUT2D eigenvalue weighted by Crippen LogP contribution is -2.45. The molecule has 3 N–H and O–H groups in total. The summed E-state index contributed by atoms with van der Waals surface area (Å²) in [7, 11) is 0. The topological polar surface area (TPSA) is 95.9 Å². The maximum absolute atomic E-state index is 12.5. The maximum Gasteiger partial charge on any atom is 0.305 e. The Balaban J connectivity index is 3.53. The van der Waals surface area contributed by atoms with Crippen LogP contribution in [-0.2, 0) is 14.3 Å². The van der Waals surface area contributed by atoms with Gasteiger partial charge in [-0.1, -0.05) is 243 Å². The molecule has 0 aliphatic heterocycles. The number of unbranched alkanes of at least 4 members (excludes halogenated alkanes) is 35. The van der Waals surface area contributed by atoms with Crippen molar-refractivity contribution in [1.82, 2.24) is 5.32 Å². The summed E-state index contributed by atoms with van der Waals surface area (Å²) in [6, 6.07) is -0.646. The van der Waals surface area contributed by atoms with Crippen molar-refractivity contribution in [1.29, 1.82) is 0 Å². The highest BCUT2D eigenvalue weighted by molar-refractivity contribution is 5.76. The van der Waals surface area contributed by atoms with E-state index in [9.17, 15) is 19.8 Å². The van der Waals surface area contributed by atoms with Gasteiger partial charge in [0, 0.05) is 12.8 Å². The Kier molecular flexibility index (Phi) is 50.1. The van der Waals surface area contributed by atoms with Crippen molar-refractivity contribution in [3.63, 3.8) is 0 Å². The van der Waals surface area contributed by atoms with Gasteiger partial charge < -0.3 is 20.3 Å². The highest BCUT2D eigenvalue weighted by Gasteiger charge is 2.18. The van der Waals surface area contributed by atoms with E-state index in [1.807, 2.05) is 6.08 Å². The second-order valence-corrected chi connectivity index (χ2v) is 18.6. The third-order valence-corrected chi connectivity index (χ3v) is 12.4. The molecule has 2 unspecified atom stereocenters. The average molecular weight is 872 g/mol. The molecule has 0 rings (SSSR count). The molecule has 0 aliphatic carbocycles. The standard InChI is InChI=1S/C56H105NO5/c1-3-5-7-9-11-13-15-17-19-20-21-22-23-25-26-28-32-36-40-44-48-54(59)53(52-58)57-55(60)49-45-41-37-33-30-31-35-39-43-47-51-62-56(61)50-46-42-38-34-29-27-24-18-16-14-12-10-8-6-4-2/h12,14,18,24,44,48,53-54,58-59H,3-11,13,15-17,19-23,25-43,45-47,49-52H2,1-2H3,(H,57,60)/b14-12-,24-18-,48-44+. The Morgan fingerprint density at radius 3 is 1.26 bits per heavy atom. The molecular formula is C56H105NO5. The van der Waals surface area contributed by atoms with Crippen molar-refractivity contribution in [3.8, 4) is 0 Å². The van der Waals surface area contributed by atoms with Gasteiger partial charge in [0.1, 0.15) is 0 Å². The van der Waals surface area contributed by atoms with Crippen LogP contribution in [0.25, 0.3) is 0 Å². The number of esters is 1.